The SMILES string of the molecule is CC(=O)Cc1ccc(N2COc3ccc4ccccc4c3C2)cc1. The Labute approximate surface area is 141 Å². The van der Waals surface area contributed by atoms with Crippen molar-refractivity contribution in [2.75, 3.05) is 11.6 Å². The zero-order valence-corrected chi connectivity index (χ0v) is 13.7. The Hall–Kier alpha value is -2.81. The van der Waals surface area contributed by atoms with Crippen molar-refractivity contribution in [2.24, 2.45) is 0 Å². The van der Waals surface area contributed by atoms with Crippen molar-refractivity contribution < 1.29 is 9.53 Å². The smallest absolute Gasteiger partial charge is 0.161 e. The molecule has 3 aromatic rings. The second-order valence-corrected chi connectivity index (χ2v) is 6.28. The average Bonchev–Trinajstić information content (AvgIpc) is 2.61. The predicted octanol–water partition coefficient (Wildman–Crippen LogP) is 4.33. The van der Waals surface area contributed by atoms with Crippen LogP contribution >= 0.6 is 0 Å². The first-order valence-corrected chi connectivity index (χ1v) is 8.17. The lowest BCUT2D eigenvalue weighted by Gasteiger charge is -2.31. The summed E-state index contributed by atoms with van der Waals surface area (Å²) >= 11 is 0. The number of ether oxygens (including phenoxy) is 1. The molecule has 24 heavy (non-hydrogen) atoms. The van der Waals surface area contributed by atoms with Crippen molar-refractivity contribution in [2.45, 2.75) is 19.9 Å². The van der Waals surface area contributed by atoms with E-state index in [1.807, 2.05) is 12.1 Å². The van der Waals surface area contributed by atoms with Gasteiger partial charge in [0.15, 0.2) is 6.73 Å². The summed E-state index contributed by atoms with van der Waals surface area (Å²) < 4.78 is 5.97. The Kier molecular flexibility index (Phi) is 3.69. The molecule has 0 radical (unpaired) electrons. The van der Waals surface area contributed by atoms with Gasteiger partial charge in [0.2, 0.25) is 0 Å². The van der Waals surface area contributed by atoms with Crippen molar-refractivity contribution in [1.82, 2.24) is 0 Å². The zero-order valence-electron chi connectivity index (χ0n) is 13.7. The molecule has 4 rings (SSSR count). The molecule has 120 valence electrons. The number of ketones is 1. The van der Waals surface area contributed by atoms with E-state index in [4.69, 9.17) is 4.74 Å². The molecule has 1 aliphatic rings. The monoisotopic (exact) mass is 317 g/mol. The summed E-state index contributed by atoms with van der Waals surface area (Å²) in [5.74, 6) is 1.16. The van der Waals surface area contributed by atoms with Crippen LogP contribution in [0.25, 0.3) is 10.8 Å². The minimum absolute atomic E-state index is 0.185. The molecule has 0 aliphatic carbocycles. The van der Waals surface area contributed by atoms with Crippen molar-refractivity contribution in [3.63, 3.8) is 0 Å². The maximum Gasteiger partial charge on any atom is 0.161 e. The lowest BCUT2D eigenvalue weighted by atomic mass is 10.0. The number of carbonyl (C=O) groups is 1. The van der Waals surface area contributed by atoms with Crippen LogP contribution in [0.3, 0.4) is 0 Å². The van der Waals surface area contributed by atoms with Gasteiger partial charge in [0.05, 0.1) is 6.54 Å². The highest BCUT2D eigenvalue weighted by Gasteiger charge is 2.19. The fourth-order valence-corrected chi connectivity index (χ4v) is 3.28. The highest BCUT2D eigenvalue weighted by molar-refractivity contribution is 5.88. The van der Waals surface area contributed by atoms with E-state index in [1.54, 1.807) is 6.92 Å². The number of hydrogen-bond donors (Lipinski definition) is 0. The molecule has 1 aliphatic heterocycles. The molecule has 0 aromatic heterocycles. The third-order valence-electron chi connectivity index (χ3n) is 4.48. The molecule has 0 N–H and O–H groups in total. The highest BCUT2D eigenvalue weighted by atomic mass is 16.5. The van der Waals surface area contributed by atoms with Gasteiger partial charge in [0.1, 0.15) is 11.5 Å². The van der Waals surface area contributed by atoms with E-state index in [1.165, 1.54) is 16.3 Å². The molecule has 1 heterocycles. The molecule has 3 aromatic carbocycles. The van der Waals surface area contributed by atoms with Crippen molar-refractivity contribution >= 4 is 22.2 Å². The second kappa shape index (κ2) is 6.00. The van der Waals surface area contributed by atoms with Gasteiger partial charge in [-0.25, -0.2) is 0 Å². The van der Waals surface area contributed by atoms with Gasteiger partial charge in [0.25, 0.3) is 0 Å². The summed E-state index contributed by atoms with van der Waals surface area (Å²) in [6.07, 6.45) is 0.490. The second-order valence-electron chi connectivity index (χ2n) is 6.28. The number of rotatable bonds is 3. The van der Waals surface area contributed by atoms with Crippen LogP contribution in [0.15, 0.2) is 60.7 Å². The molecule has 0 fully saturated rings. The van der Waals surface area contributed by atoms with Gasteiger partial charge >= 0.3 is 0 Å². The maximum absolute atomic E-state index is 11.2. The quantitative estimate of drug-likeness (QED) is 0.720. The number of benzene rings is 3. The van der Waals surface area contributed by atoms with E-state index in [0.29, 0.717) is 13.2 Å². The fourth-order valence-electron chi connectivity index (χ4n) is 3.28. The van der Waals surface area contributed by atoms with Crippen molar-refractivity contribution in [3.05, 3.63) is 71.8 Å². The Morgan fingerprint density at radius 1 is 1.04 bits per heavy atom. The first-order chi connectivity index (χ1) is 11.7. The minimum atomic E-state index is 0.185. The Morgan fingerprint density at radius 3 is 2.62 bits per heavy atom. The first kappa shape index (κ1) is 14.8. The molecule has 0 saturated heterocycles. The third-order valence-corrected chi connectivity index (χ3v) is 4.48. The lowest BCUT2D eigenvalue weighted by molar-refractivity contribution is -0.116. The molecule has 3 heteroatoms. The largest absolute Gasteiger partial charge is 0.473 e. The van der Waals surface area contributed by atoms with Gasteiger partial charge in [-0.15, -0.1) is 0 Å². The number of nitrogens with zero attached hydrogens (tertiary/aromatic N) is 1. The van der Waals surface area contributed by atoms with E-state index in [2.05, 4.69) is 53.4 Å². The Morgan fingerprint density at radius 2 is 1.83 bits per heavy atom. The number of carbonyl (C=O) groups excluding carboxylic acids is 1. The Balaban J connectivity index is 1.64. The summed E-state index contributed by atoms with van der Waals surface area (Å²) in [7, 11) is 0. The van der Waals surface area contributed by atoms with Crippen LogP contribution in [0.4, 0.5) is 5.69 Å². The lowest BCUT2D eigenvalue weighted by Crippen LogP contribution is -2.31. The summed E-state index contributed by atoms with van der Waals surface area (Å²) in [6.45, 7) is 2.98. The van der Waals surface area contributed by atoms with Gasteiger partial charge in [-0.05, 0) is 41.5 Å². The Bertz CT molecular complexity index is 899. The van der Waals surface area contributed by atoms with Crippen molar-refractivity contribution in [3.8, 4) is 5.75 Å². The zero-order chi connectivity index (χ0) is 16.5. The van der Waals surface area contributed by atoms with Crippen LogP contribution < -0.4 is 9.64 Å². The van der Waals surface area contributed by atoms with Crippen LogP contribution in [0.2, 0.25) is 0 Å². The normalized spacial score (nSPS) is 13.5. The van der Waals surface area contributed by atoms with Crippen LogP contribution in [-0.4, -0.2) is 12.5 Å². The van der Waals surface area contributed by atoms with Gasteiger partial charge in [0, 0.05) is 17.7 Å². The maximum atomic E-state index is 11.2. The fraction of sp³-hybridized carbons (Fsp3) is 0.190. The highest BCUT2D eigenvalue weighted by Crippen LogP contribution is 2.34. The molecule has 0 atom stereocenters. The summed E-state index contributed by atoms with van der Waals surface area (Å²) in [4.78, 5) is 13.4. The molecule has 0 bridgehead atoms. The van der Waals surface area contributed by atoms with Gasteiger partial charge in [-0.2, -0.15) is 0 Å². The average molecular weight is 317 g/mol. The van der Waals surface area contributed by atoms with E-state index >= 15 is 0 Å². The van der Waals surface area contributed by atoms with Crippen LogP contribution in [0.5, 0.6) is 5.75 Å². The van der Waals surface area contributed by atoms with Gasteiger partial charge < -0.3 is 9.64 Å². The molecular formula is C21H19NO2. The predicted molar refractivity (Wildman–Crippen MR) is 96.5 cm³/mol. The standard InChI is InChI=1S/C21H19NO2/c1-15(23)12-16-6-9-18(10-7-16)22-13-20-19-5-3-2-4-17(19)8-11-21(20)24-14-22/h2-11H,12-14H2,1H3. The topological polar surface area (TPSA) is 29.5 Å². The van der Waals surface area contributed by atoms with E-state index in [0.717, 1.165) is 23.5 Å². The van der Waals surface area contributed by atoms with E-state index in [-0.39, 0.29) is 5.78 Å². The molecule has 3 nitrogen and oxygen atoms in total. The van der Waals surface area contributed by atoms with Crippen molar-refractivity contribution in [1.29, 1.82) is 0 Å². The molecule has 0 amide bonds. The number of hydrogen-bond acceptors (Lipinski definition) is 3. The number of anilines is 1. The molecule has 0 saturated carbocycles. The molecule has 0 spiro atoms. The number of fused-ring (bicyclic) bond motifs is 3. The summed E-state index contributed by atoms with van der Waals surface area (Å²) in [6, 6.07) is 20.8. The summed E-state index contributed by atoms with van der Waals surface area (Å²) in [5.41, 5.74) is 3.39. The van der Waals surface area contributed by atoms with Gasteiger partial charge in [-0.1, -0.05) is 42.5 Å². The van der Waals surface area contributed by atoms with E-state index in [9.17, 15) is 4.79 Å². The number of Topliss-reactive ketones (excluding diaryl/α,β-unsaturated/α-hetero) is 1. The van der Waals surface area contributed by atoms with Crippen LogP contribution in [0, 0.1) is 0 Å². The summed E-state index contributed by atoms with van der Waals surface area (Å²) in [5, 5.41) is 2.48. The first-order valence-electron chi connectivity index (χ1n) is 8.17. The molecular weight excluding hydrogens is 298 g/mol. The van der Waals surface area contributed by atoms with Crippen LogP contribution in [-0.2, 0) is 17.8 Å². The minimum Gasteiger partial charge on any atom is -0.473 e. The van der Waals surface area contributed by atoms with Crippen LogP contribution in [0.1, 0.15) is 18.1 Å². The molecule has 0 unspecified atom stereocenters. The van der Waals surface area contributed by atoms with E-state index < -0.39 is 0 Å². The third kappa shape index (κ3) is 2.73. The van der Waals surface area contributed by atoms with Gasteiger partial charge in [-0.3, -0.25) is 4.79 Å².